The molecule has 7 rings (SSSR count). The Balaban J connectivity index is 1.32. The van der Waals surface area contributed by atoms with Crippen molar-refractivity contribution in [3.63, 3.8) is 0 Å². The molecule has 9 heteroatoms. The van der Waals surface area contributed by atoms with E-state index in [1.54, 1.807) is 25.1 Å². The van der Waals surface area contributed by atoms with Crippen LogP contribution in [0, 0.1) is 6.92 Å². The number of benzene rings is 4. The van der Waals surface area contributed by atoms with Gasteiger partial charge in [0.1, 0.15) is 12.1 Å². The largest absolute Gasteiger partial charge is 0.493 e. The second-order valence-corrected chi connectivity index (χ2v) is 10.4. The Morgan fingerprint density at radius 1 is 0.953 bits per heavy atom. The summed E-state index contributed by atoms with van der Waals surface area (Å²) in [6, 6.07) is 26.5. The third kappa shape index (κ3) is 4.68. The summed E-state index contributed by atoms with van der Waals surface area (Å²) in [6.07, 6.45) is 1.62. The first-order chi connectivity index (χ1) is 21.0. The molecule has 0 saturated heterocycles. The van der Waals surface area contributed by atoms with Crippen LogP contribution < -0.4 is 14.2 Å². The minimum absolute atomic E-state index is 0.1000. The van der Waals surface area contributed by atoms with E-state index in [9.17, 15) is 0 Å². The van der Waals surface area contributed by atoms with E-state index in [0.717, 1.165) is 44.5 Å². The standard InChI is InChI=1S/C34H29N5O4/c1-20-9-11-22(12-10-20)21(2)38-42-18-29-36-33-31-30(24-14-16-27(40-3)28(17-24)41-4)26-15-13-23-7-5-6-8-25(23)32(26)43-34(31)35-19-39(33)37-29/h5-17,19,30H,18H2,1-4H3/b38-21+/t30-/m0/s1. The Labute approximate surface area is 248 Å². The molecule has 0 saturated carbocycles. The van der Waals surface area contributed by atoms with Gasteiger partial charge in [-0.3, -0.25) is 0 Å². The maximum absolute atomic E-state index is 6.53. The molecular weight excluding hydrogens is 542 g/mol. The molecule has 4 aromatic carbocycles. The lowest BCUT2D eigenvalue weighted by Crippen LogP contribution is -2.15. The lowest BCUT2D eigenvalue weighted by Gasteiger charge is -2.29. The Kier molecular flexibility index (Phi) is 6.62. The van der Waals surface area contributed by atoms with Gasteiger partial charge in [0.2, 0.25) is 5.88 Å². The first kappa shape index (κ1) is 26.5. The molecule has 0 radical (unpaired) electrons. The summed E-state index contributed by atoms with van der Waals surface area (Å²) in [5.41, 5.74) is 6.35. The Morgan fingerprint density at radius 2 is 1.77 bits per heavy atom. The highest BCUT2D eigenvalue weighted by molar-refractivity contribution is 5.98. The van der Waals surface area contributed by atoms with Gasteiger partial charge < -0.3 is 19.0 Å². The third-order valence-electron chi connectivity index (χ3n) is 7.74. The van der Waals surface area contributed by atoms with Crippen LogP contribution in [0.1, 0.15) is 46.5 Å². The highest BCUT2D eigenvalue weighted by Gasteiger charge is 2.34. The van der Waals surface area contributed by atoms with Gasteiger partial charge in [0.05, 0.1) is 25.5 Å². The van der Waals surface area contributed by atoms with E-state index in [1.807, 2.05) is 61.5 Å². The summed E-state index contributed by atoms with van der Waals surface area (Å²) < 4.78 is 19.4. The highest BCUT2D eigenvalue weighted by Crippen LogP contribution is 2.51. The van der Waals surface area contributed by atoms with E-state index >= 15 is 0 Å². The van der Waals surface area contributed by atoms with Crippen molar-refractivity contribution in [2.75, 3.05) is 14.2 Å². The molecular formula is C34H29N5O4. The number of oxime groups is 1. The minimum Gasteiger partial charge on any atom is -0.493 e. The number of rotatable bonds is 7. The van der Waals surface area contributed by atoms with Crippen molar-refractivity contribution in [2.24, 2.45) is 5.16 Å². The average molecular weight is 572 g/mol. The van der Waals surface area contributed by atoms with Gasteiger partial charge in [-0.05, 0) is 42.5 Å². The Hall–Kier alpha value is -5.44. The zero-order valence-electron chi connectivity index (χ0n) is 24.2. The average Bonchev–Trinajstić information content (AvgIpc) is 3.47. The van der Waals surface area contributed by atoms with Crippen LogP contribution in [-0.2, 0) is 11.4 Å². The first-order valence-electron chi connectivity index (χ1n) is 13.9. The van der Waals surface area contributed by atoms with Crippen molar-refractivity contribution in [2.45, 2.75) is 26.4 Å². The van der Waals surface area contributed by atoms with Crippen molar-refractivity contribution < 1.29 is 19.0 Å². The van der Waals surface area contributed by atoms with E-state index in [4.69, 9.17) is 24.0 Å². The van der Waals surface area contributed by atoms with Crippen molar-refractivity contribution >= 4 is 22.1 Å². The number of hydrogen-bond donors (Lipinski definition) is 0. The van der Waals surface area contributed by atoms with Gasteiger partial charge in [0, 0.05) is 16.9 Å². The van der Waals surface area contributed by atoms with Crippen LogP contribution in [0.5, 0.6) is 23.1 Å². The third-order valence-corrected chi connectivity index (χ3v) is 7.74. The van der Waals surface area contributed by atoms with Crippen LogP contribution in [0.4, 0.5) is 0 Å². The molecule has 0 spiro atoms. The van der Waals surface area contributed by atoms with Gasteiger partial charge in [-0.25, -0.2) is 14.5 Å². The molecule has 3 heterocycles. The van der Waals surface area contributed by atoms with Gasteiger partial charge in [-0.15, -0.1) is 5.10 Å². The lowest BCUT2D eigenvalue weighted by atomic mass is 9.82. The Morgan fingerprint density at radius 3 is 2.58 bits per heavy atom. The van der Waals surface area contributed by atoms with E-state index < -0.39 is 0 Å². The normalized spacial score (nSPS) is 14.2. The van der Waals surface area contributed by atoms with Crippen LogP contribution in [-0.4, -0.2) is 39.5 Å². The number of hydrogen-bond acceptors (Lipinski definition) is 8. The maximum Gasteiger partial charge on any atom is 0.228 e. The molecule has 1 aliphatic rings. The van der Waals surface area contributed by atoms with Gasteiger partial charge in [0.25, 0.3) is 0 Å². The van der Waals surface area contributed by atoms with E-state index in [-0.39, 0.29) is 12.5 Å². The molecule has 43 heavy (non-hydrogen) atoms. The van der Waals surface area contributed by atoms with Crippen LogP contribution in [0.15, 0.2) is 90.3 Å². The maximum atomic E-state index is 6.53. The van der Waals surface area contributed by atoms with E-state index in [1.165, 1.54) is 5.56 Å². The summed E-state index contributed by atoms with van der Waals surface area (Å²) in [5.74, 6) is 2.74. The molecule has 2 aromatic heterocycles. The molecule has 1 aliphatic heterocycles. The molecule has 0 bridgehead atoms. The second kappa shape index (κ2) is 10.8. The molecule has 0 amide bonds. The number of ether oxygens (including phenoxy) is 3. The first-order valence-corrected chi connectivity index (χ1v) is 13.9. The van der Waals surface area contributed by atoms with E-state index in [2.05, 4.69) is 46.4 Å². The molecule has 0 aliphatic carbocycles. The second-order valence-electron chi connectivity index (χ2n) is 10.4. The lowest BCUT2D eigenvalue weighted by molar-refractivity contribution is 0.125. The molecule has 0 N–H and O–H groups in total. The quantitative estimate of drug-likeness (QED) is 0.153. The predicted octanol–water partition coefficient (Wildman–Crippen LogP) is 6.83. The predicted molar refractivity (Wildman–Crippen MR) is 163 cm³/mol. The van der Waals surface area contributed by atoms with Gasteiger partial charge >= 0.3 is 0 Å². The van der Waals surface area contributed by atoms with Crippen LogP contribution in [0.25, 0.3) is 16.4 Å². The molecule has 0 unspecified atom stereocenters. The van der Waals surface area contributed by atoms with Gasteiger partial charge in [-0.2, -0.15) is 0 Å². The summed E-state index contributed by atoms with van der Waals surface area (Å²) in [4.78, 5) is 15.2. The molecule has 214 valence electrons. The summed E-state index contributed by atoms with van der Waals surface area (Å²) >= 11 is 0. The monoisotopic (exact) mass is 571 g/mol. The molecule has 9 nitrogen and oxygen atoms in total. The highest BCUT2D eigenvalue weighted by atomic mass is 16.6. The van der Waals surface area contributed by atoms with Gasteiger partial charge in [-0.1, -0.05) is 77.4 Å². The van der Waals surface area contributed by atoms with Crippen LogP contribution in [0.3, 0.4) is 0 Å². The molecule has 0 fully saturated rings. The smallest absolute Gasteiger partial charge is 0.228 e. The van der Waals surface area contributed by atoms with Crippen molar-refractivity contribution in [1.29, 1.82) is 0 Å². The fourth-order valence-electron chi connectivity index (χ4n) is 5.57. The number of methoxy groups -OCH3 is 2. The fraction of sp³-hybridized carbons (Fsp3) is 0.176. The fourth-order valence-corrected chi connectivity index (χ4v) is 5.57. The minimum atomic E-state index is -0.265. The van der Waals surface area contributed by atoms with E-state index in [0.29, 0.717) is 28.9 Å². The Bertz CT molecular complexity index is 2020. The molecule has 1 atom stereocenters. The summed E-state index contributed by atoms with van der Waals surface area (Å²) in [6.45, 7) is 4.06. The number of nitrogens with zero attached hydrogens (tertiary/aromatic N) is 5. The number of aromatic nitrogens is 4. The number of aryl methyl sites for hydroxylation is 1. The van der Waals surface area contributed by atoms with Crippen molar-refractivity contribution in [3.8, 4) is 23.1 Å². The van der Waals surface area contributed by atoms with Crippen LogP contribution >= 0.6 is 0 Å². The van der Waals surface area contributed by atoms with Crippen molar-refractivity contribution in [1.82, 2.24) is 19.6 Å². The topological polar surface area (TPSA) is 92.4 Å². The summed E-state index contributed by atoms with van der Waals surface area (Å²) in [7, 11) is 3.26. The zero-order valence-corrected chi connectivity index (χ0v) is 24.2. The number of fused-ring (bicyclic) bond motifs is 6. The summed E-state index contributed by atoms with van der Waals surface area (Å²) in [5, 5.41) is 11.0. The SMILES string of the molecule is COc1ccc([C@H]2c3ccc4ccccc4c3Oc3ncn4nc(CO/N=C(\C)c5ccc(C)cc5)nc4c32)cc1OC. The van der Waals surface area contributed by atoms with Crippen molar-refractivity contribution in [3.05, 3.63) is 119 Å². The zero-order chi connectivity index (χ0) is 29.5. The van der Waals surface area contributed by atoms with Crippen LogP contribution in [0.2, 0.25) is 0 Å². The van der Waals surface area contributed by atoms with Gasteiger partial charge in [0.15, 0.2) is 29.6 Å². The molecule has 6 aromatic rings.